The fourth-order valence-electron chi connectivity index (χ4n) is 2.26. The van der Waals surface area contributed by atoms with Crippen LogP contribution in [0, 0.1) is 20.2 Å². The molecule has 1 aromatic rings. The van der Waals surface area contributed by atoms with E-state index in [0.29, 0.717) is 59.2 Å². The number of aliphatic hydroxyl groups is 2. The molecule has 13 heteroatoms. The maximum absolute atomic E-state index is 11.1. The average Bonchev–Trinajstić information content (AvgIpc) is 2.75. The molecule has 0 bridgehead atoms. The molecule has 13 nitrogen and oxygen atoms in total. The molecule has 31 heavy (non-hydrogen) atoms. The standard InChI is InChI=1S/C18H29N3O10/c22-13-16(23)14-31-11-10-30-9-8-29-7-6-28-5-1-4-19-17-3-2-15(20(24)25)12-18(17)21(26)27/h2-3,12,16,19,22-23H,1,4-11,13-14H2. The summed E-state index contributed by atoms with van der Waals surface area (Å²) in [5.41, 5.74) is -0.467. The molecule has 3 N–H and O–H groups in total. The Morgan fingerprint density at radius 2 is 1.48 bits per heavy atom. The van der Waals surface area contributed by atoms with Gasteiger partial charge >= 0.3 is 0 Å². The van der Waals surface area contributed by atoms with Crippen molar-refractivity contribution >= 4 is 17.1 Å². The Hall–Kier alpha value is -2.42. The highest BCUT2D eigenvalue weighted by Crippen LogP contribution is 2.28. The highest BCUT2D eigenvalue weighted by molar-refractivity contribution is 5.65. The predicted octanol–water partition coefficient (Wildman–Crippen LogP) is 0.725. The summed E-state index contributed by atoms with van der Waals surface area (Å²) in [4.78, 5) is 20.4. The largest absolute Gasteiger partial charge is 0.394 e. The van der Waals surface area contributed by atoms with E-state index in [1.54, 1.807) is 0 Å². The number of nitro benzene ring substituents is 2. The summed E-state index contributed by atoms with van der Waals surface area (Å²) in [5.74, 6) is 0. The van der Waals surface area contributed by atoms with Crippen molar-refractivity contribution in [3.05, 3.63) is 38.4 Å². The number of hydrogen-bond donors (Lipinski definition) is 3. The first kappa shape index (κ1) is 26.6. The second-order valence-corrected chi connectivity index (χ2v) is 6.24. The zero-order chi connectivity index (χ0) is 22.9. The Morgan fingerprint density at radius 1 is 0.903 bits per heavy atom. The number of nitrogens with zero attached hydrogens (tertiary/aromatic N) is 2. The van der Waals surface area contributed by atoms with Gasteiger partial charge in [0, 0.05) is 19.2 Å². The summed E-state index contributed by atoms with van der Waals surface area (Å²) < 4.78 is 21.1. The van der Waals surface area contributed by atoms with Crippen molar-refractivity contribution in [2.45, 2.75) is 12.5 Å². The van der Waals surface area contributed by atoms with Gasteiger partial charge in [-0.3, -0.25) is 20.2 Å². The molecule has 1 atom stereocenters. The molecule has 0 aliphatic heterocycles. The fourth-order valence-corrected chi connectivity index (χ4v) is 2.26. The molecule has 0 saturated heterocycles. The number of rotatable bonds is 19. The fraction of sp³-hybridized carbons (Fsp3) is 0.667. The van der Waals surface area contributed by atoms with Crippen molar-refractivity contribution in [1.82, 2.24) is 0 Å². The van der Waals surface area contributed by atoms with Crippen LogP contribution in [0.15, 0.2) is 18.2 Å². The second-order valence-electron chi connectivity index (χ2n) is 6.24. The van der Waals surface area contributed by atoms with E-state index in [9.17, 15) is 20.2 Å². The van der Waals surface area contributed by atoms with Gasteiger partial charge < -0.3 is 34.5 Å². The van der Waals surface area contributed by atoms with E-state index in [1.807, 2.05) is 0 Å². The summed E-state index contributed by atoms with van der Waals surface area (Å²) in [7, 11) is 0. The van der Waals surface area contributed by atoms with Crippen LogP contribution in [0.1, 0.15) is 6.42 Å². The first-order valence-corrected chi connectivity index (χ1v) is 9.72. The highest BCUT2D eigenvalue weighted by Gasteiger charge is 2.18. The number of ether oxygens (including phenoxy) is 4. The van der Waals surface area contributed by atoms with Crippen molar-refractivity contribution in [2.75, 3.05) is 71.3 Å². The number of anilines is 1. The van der Waals surface area contributed by atoms with Crippen molar-refractivity contribution in [1.29, 1.82) is 0 Å². The summed E-state index contributed by atoms with van der Waals surface area (Å²) in [5, 5.41) is 42.3. The van der Waals surface area contributed by atoms with E-state index in [2.05, 4.69) is 5.32 Å². The third-order valence-corrected chi connectivity index (χ3v) is 3.81. The van der Waals surface area contributed by atoms with E-state index in [1.165, 1.54) is 12.1 Å². The summed E-state index contributed by atoms with van der Waals surface area (Å²) in [6.07, 6.45) is -0.290. The van der Waals surface area contributed by atoms with Crippen LogP contribution >= 0.6 is 0 Å². The molecule has 176 valence electrons. The Bertz CT molecular complexity index is 661. The molecule has 0 aliphatic rings. The highest BCUT2D eigenvalue weighted by atomic mass is 16.6. The van der Waals surface area contributed by atoms with Gasteiger partial charge in [0.15, 0.2) is 0 Å². The maximum atomic E-state index is 11.1. The Labute approximate surface area is 179 Å². The quantitative estimate of drug-likeness (QED) is 0.155. The second kappa shape index (κ2) is 16.3. The summed E-state index contributed by atoms with van der Waals surface area (Å²) >= 11 is 0. The lowest BCUT2D eigenvalue weighted by Gasteiger charge is -2.09. The average molecular weight is 447 g/mol. The third kappa shape index (κ3) is 12.1. The lowest BCUT2D eigenvalue weighted by atomic mass is 10.2. The molecule has 1 unspecified atom stereocenters. The number of nitrogens with one attached hydrogen (secondary N) is 1. The van der Waals surface area contributed by atoms with E-state index < -0.39 is 16.0 Å². The van der Waals surface area contributed by atoms with Gasteiger partial charge in [0.1, 0.15) is 11.8 Å². The van der Waals surface area contributed by atoms with E-state index >= 15 is 0 Å². The molecule has 1 rings (SSSR count). The minimum absolute atomic E-state index is 0.0635. The van der Waals surface area contributed by atoms with Crippen molar-refractivity contribution in [3.63, 3.8) is 0 Å². The van der Waals surface area contributed by atoms with Gasteiger partial charge in [0.2, 0.25) is 0 Å². The first-order valence-electron chi connectivity index (χ1n) is 9.72. The molecule has 0 radical (unpaired) electrons. The Balaban J connectivity index is 1.99. The topological polar surface area (TPSA) is 176 Å². The molecular weight excluding hydrogens is 418 g/mol. The molecule has 0 aromatic heterocycles. The lowest BCUT2D eigenvalue weighted by Crippen LogP contribution is -2.21. The van der Waals surface area contributed by atoms with Crippen LogP contribution < -0.4 is 5.32 Å². The van der Waals surface area contributed by atoms with E-state index in [0.717, 1.165) is 6.07 Å². The lowest BCUT2D eigenvalue weighted by molar-refractivity contribution is -0.393. The van der Waals surface area contributed by atoms with Gasteiger partial charge in [0.25, 0.3) is 11.4 Å². The molecular formula is C18H29N3O10. The van der Waals surface area contributed by atoms with Crippen LogP contribution in [0.3, 0.4) is 0 Å². The van der Waals surface area contributed by atoms with E-state index in [4.69, 9.17) is 29.2 Å². The van der Waals surface area contributed by atoms with Gasteiger partial charge in [-0.1, -0.05) is 0 Å². The van der Waals surface area contributed by atoms with Crippen molar-refractivity contribution in [3.8, 4) is 0 Å². The smallest absolute Gasteiger partial charge is 0.299 e. The molecule has 0 amide bonds. The first-order chi connectivity index (χ1) is 15.0. The Kier molecular flexibility index (Phi) is 14.0. The van der Waals surface area contributed by atoms with Gasteiger partial charge in [-0.15, -0.1) is 0 Å². The van der Waals surface area contributed by atoms with Crippen LogP contribution in [0.25, 0.3) is 0 Å². The van der Waals surface area contributed by atoms with Crippen LogP contribution in [-0.4, -0.2) is 92.2 Å². The van der Waals surface area contributed by atoms with Gasteiger partial charge in [-0.2, -0.15) is 0 Å². The number of aliphatic hydroxyl groups excluding tert-OH is 2. The normalized spacial score (nSPS) is 11.9. The molecule has 0 saturated carbocycles. The molecule has 1 aromatic carbocycles. The zero-order valence-corrected chi connectivity index (χ0v) is 17.1. The minimum atomic E-state index is -0.875. The third-order valence-electron chi connectivity index (χ3n) is 3.81. The number of non-ortho nitro benzene ring substituents is 1. The zero-order valence-electron chi connectivity index (χ0n) is 17.1. The molecule has 0 spiro atoms. The van der Waals surface area contributed by atoms with Crippen LogP contribution in [0.5, 0.6) is 0 Å². The van der Waals surface area contributed by atoms with Crippen molar-refractivity contribution in [2.24, 2.45) is 0 Å². The maximum Gasteiger partial charge on any atom is 0.299 e. The molecule has 0 fully saturated rings. The number of benzene rings is 1. The summed E-state index contributed by atoms with van der Waals surface area (Å²) in [6.45, 7) is 2.80. The van der Waals surface area contributed by atoms with Gasteiger partial charge in [-0.25, -0.2) is 0 Å². The number of nitro groups is 2. The van der Waals surface area contributed by atoms with Gasteiger partial charge in [-0.05, 0) is 12.5 Å². The molecule has 0 heterocycles. The predicted molar refractivity (Wildman–Crippen MR) is 109 cm³/mol. The monoisotopic (exact) mass is 447 g/mol. The number of hydrogen-bond acceptors (Lipinski definition) is 11. The van der Waals surface area contributed by atoms with Gasteiger partial charge in [0.05, 0.1) is 68.8 Å². The molecule has 0 aliphatic carbocycles. The Morgan fingerprint density at radius 3 is 2.03 bits per heavy atom. The van der Waals surface area contributed by atoms with Crippen LogP contribution in [0.2, 0.25) is 0 Å². The summed E-state index contributed by atoms with van der Waals surface area (Å²) in [6, 6.07) is 3.45. The van der Waals surface area contributed by atoms with E-state index in [-0.39, 0.29) is 30.3 Å². The van der Waals surface area contributed by atoms with Crippen molar-refractivity contribution < 1.29 is 39.0 Å². The minimum Gasteiger partial charge on any atom is -0.394 e. The van der Waals surface area contributed by atoms with Crippen LogP contribution in [-0.2, 0) is 18.9 Å². The SMILES string of the molecule is O=[N+]([O-])c1ccc(NCCCOCCOCCOCCOCC(O)CO)c([N+](=O)[O-])c1. The van der Waals surface area contributed by atoms with Crippen LogP contribution in [0.4, 0.5) is 17.1 Å².